The predicted octanol–water partition coefficient (Wildman–Crippen LogP) is 9.78. The fraction of sp³-hybridized carbons (Fsp3) is 0.625. The highest BCUT2D eigenvalue weighted by Crippen LogP contribution is 2.48. The fourth-order valence-electron chi connectivity index (χ4n) is 6.47. The van der Waals surface area contributed by atoms with Crippen molar-refractivity contribution in [1.82, 2.24) is 14.6 Å². The van der Waals surface area contributed by atoms with Gasteiger partial charge in [-0.2, -0.15) is 10.4 Å². The number of hydrogen-bond donors (Lipinski definition) is 2. The maximum Gasteiger partial charge on any atom is 0.332 e. The zero-order chi connectivity index (χ0) is 37.7. The lowest BCUT2D eigenvalue weighted by Gasteiger charge is -2.27. The molecule has 1 aromatic carbocycles. The number of allylic oxidation sites excluding steroid dienone is 2. The summed E-state index contributed by atoms with van der Waals surface area (Å²) in [7, 11) is -2.33. The third-order valence-corrected chi connectivity index (χ3v) is 10.3. The Morgan fingerprint density at radius 3 is 2.51 bits per heavy atom. The first-order valence-corrected chi connectivity index (χ1v) is 20.5. The van der Waals surface area contributed by atoms with Gasteiger partial charge in [0, 0.05) is 13.0 Å². The van der Waals surface area contributed by atoms with Crippen molar-refractivity contribution >= 4 is 19.9 Å². The Morgan fingerprint density at radius 2 is 1.77 bits per heavy atom. The van der Waals surface area contributed by atoms with Crippen LogP contribution in [-0.2, 0) is 29.9 Å². The van der Waals surface area contributed by atoms with E-state index in [9.17, 15) is 14.5 Å². The Morgan fingerprint density at radius 1 is 1.06 bits per heavy atom. The second-order valence-electron chi connectivity index (χ2n) is 14.0. The van der Waals surface area contributed by atoms with E-state index in [1.165, 1.54) is 95.5 Å². The minimum atomic E-state index is -2.33. The maximum atomic E-state index is 14.0. The minimum Gasteiger partial charge on any atom is -0.382 e. The van der Waals surface area contributed by atoms with Gasteiger partial charge in [-0.15, -0.1) is 0 Å². The molecule has 1 fully saturated rings. The molecule has 1 saturated heterocycles. The molecule has 0 spiro atoms. The summed E-state index contributed by atoms with van der Waals surface area (Å²) in [6.45, 7) is 4.84. The van der Waals surface area contributed by atoms with Gasteiger partial charge < -0.3 is 29.4 Å². The van der Waals surface area contributed by atoms with Crippen LogP contribution in [0.25, 0.3) is 5.52 Å². The average Bonchev–Trinajstić information content (AvgIpc) is 3.75. The number of anilines is 1. The monoisotopic (exact) mass is 755 g/mol. The van der Waals surface area contributed by atoms with Crippen molar-refractivity contribution in [3.05, 3.63) is 71.4 Å². The van der Waals surface area contributed by atoms with Crippen molar-refractivity contribution in [2.45, 2.75) is 141 Å². The summed E-state index contributed by atoms with van der Waals surface area (Å²) in [5.41, 5.74) is 8.22. The molecule has 3 unspecified atom stereocenters. The normalized spacial score (nSPS) is 18.6. The highest BCUT2D eigenvalue weighted by molar-refractivity contribution is 7.40. The van der Waals surface area contributed by atoms with Crippen LogP contribution in [0.2, 0.25) is 0 Å². The number of unbranched alkanes of at least 4 members (excludes halogenated alkanes) is 12. The molecule has 1 aliphatic rings. The van der Waals surface area contributed by atoms with Gasteiger partial charge in [-0.3, -0.25) is 4.52 Å². The summed E-state index contributed by atoms with van der Waals surface area (Å²) in [4.78, 5) is 14.8. The van der Waals surface area contributed by atoms with Gasteiger partial charge in [-0.05, 0) is 81.3 Å². The van der Waals surface area contributed by atoms with Crippen molar-refractivity contribution in [3.8, 4) is 6.07 Å². The van der Waals surface area contributed by atoms with Gasteiger partial charge in [0.25, 0.3) is 0 Å². The molecule has 53 heavy (non-hydrogen) atoms. The molecule has 4 rings (SSSR count). The van der Waals surface area contributed by atoms with Crippen molar-refractivity contribution in [2.24, 2.45) is 0 Å². The number of halogens is 1. The van der Waals surface area contributed by atoms with Gasteiger partial charge in [-0.25, -0.2) is 13.9 Å². The summed E-state index contributed by atoms with van der Waals surface area (Å²) in [5.74, 6) is -1.21. The van der Waals surface area contributed by atoms with E-state index < -0.39 is 26.3 Å². The summed E-state index contributed by atoms with van der Waals surface area (Å²) >= 11 is 0. The molecule has 2 aromatic heterocycles. The lowest BCUT2D eigenvalue weighted by molar-refractivity contribution is -0.167. The number of hydrogen-bond acceptors (Lipinski definition) is 10. The van der Waals surface area contributed by atoms with Crippen LogP contribution in [0.5, 0.6) is 0 Å². The van der Waals surface area contributed by atoms with Gasteiger partial charge >= 0.3 is 8.60 Å². The van der Waals surface area contributed by atoms with Gasteiger partial charge in [0.1, 0.15) is 29.9 Å². The lowest BCUT2D eigenvalue weighted by Crippen LogP contribution is -2.28. The highest BCUT2D eigenvalue weighted by atomic mass is 31.2. The second kappa shape index (κ2) is 23.7. The van der Waals surface area contributed by atoms with E-state index in [1.807, 2.05) is 18.2 Å². The molecule has 292 valence electrons. The van der Waals surface area contributed by atoms with Crippen LogP contribution < -0.4 is 5.73 Å². The van der Waals surface area contributed by atoms with Crippen LogP contribution in [0.15, 0.2) is 48.8 Å². The van der Waals surface area contributed by atoms with E-state index in [1.54, 1.807) is 17.5 Å². The number of rotatable bonds is 27. The summed E-state index contributed by atoms with van der Waals surface area (Å²) < 4.78 is 45.6. The Balaban J connectivity index is 1.14. The molecule has 0 amide bonds. The smallest absolute Gasteiger partial charge is 0.332 e. The van der Waals surface area contributed by atoms with Crippen LogP contribution in [0, 0.1) is 17.1 Å². The maximum absolute atomic E-state index is 14.0. The van der Waals surface area contributed by atoms with E-state index in [4.69, 9.17) is 29.0 Å². The topological polar surface area (TPSA) is 146 Å². The molecular formula is C40H59FN5O6P. The average molecular weight is 756 g/mol. The number of nitrogen functional groups attached to an aromatic ring is 1. The van der Waals surface area contributed by atoms with Crippen LogP contribution in [-0.4, -0.2) is 51.2 Å². The van der Waals surface area contributed by atoms with Crippen LogP contribution in [0.3, 0.4) is 0 Å². The number of nitrogens with two attached hydrogens (primary N) is 1. The quantitative estimate of drug-likeness (QED) is 0.0438. The Kier molecular flexibility index (Phi) is 19.1. The molecule has 11 nitrogen and oxygen atoms in total. The minimum absolute atomic E-state index is 0.0188. The predicted molar refractivity (Wildman–Crippen MR) is 205 cm³/mol. The van der Waals surface area contributed by atoms with Gasteiger partial charge in [0.15, 0.2) is 11.6 Å². The zero-order valence-corrected chi connectivity index (χ0v) is 32.5. The molecule has 4 atom stereocenters. The molecule has 3 heterocycles. The fourth-order valence-corrected chi connectivity index (χ4v) is 7.28. The molecule has 3 N–H and O–H groups in total. The number of nitrogens with zero attached hydrogens (tertiary/aromatic N) is 4. The Labute approximate surface area is 316 Å². The molecule has 0 radical (unpaired) electrons. The van der Waals surface area contributed by atoms with Gasteiger partial charge in [-0.1, -0.05) is 76.9 Å². The number of fused-ring (bicyclic) bond motifs is 1. The van der Waals surface area contributed by atoms with Crippen molar-refractivity contribution in [2.75, 3.05) is 25.6 Å². The summed E-state index contributed by atoms with van der Waals surface area (Å²) in [6, 6.07) is 9.80. The molecule has 1 aliphatic heterocycles. The molecule has 0 saturated carbocycles. The van der Waals surface area contributed by atoms with Crippen molar-refractivity contribution in [1.29, 1.82) is 5.26 Å². The number of aromatic nitrogens is 3. The van der Waals surface area contributed by atoms with E-state index in [2.05, 4.69) is 29.2 Å². The Hall–Kier alpha value is -3.01. The van der Waals surface area contributed by atoms with Gasteiger partial charge in [0.05, 0.1) is 37.1 Å². The van der Waals surface area contributed by atoms with Crippen molar-refractivity contribution < 1.29 is 32.5 Å². The lowest BCUT2D eigenvalue weighted by atomic mass is 10.1. The number of nitriles is 1. The molecule has 3 aromatic rings. The first-order chi connectivity index (χ1) is 25.8. The third kappa shape index (κ3) is 15.3. The molecular weight excluding hydrogens is 696 g/mol. The molecule has 0 bridgehead atoms. The zero-order valence-electron chi connectivity index (χ0n) is 31.6. The number of ether oxygens (including phenoxy) is 3. The summed E-state index contributed by atoms with van der Waals surface area (Å²) in [6.07, 6.45) is 23.7. The van der Waals surface area contributed by atoms with E-state index in [-0.39, 0.29) is 31.5 Å². The summed E-state index contributed by atoms with van der Waals surface area (Å²) in [5, 5.41) is 13.5. The van der Waals surface area contributed by atoms with Crippen LogP contribution in [0.4, 0.5) is 10.2 Å². The standard InChI is InChI=1S/C40H59FN5O6P/c1-3-4-5-6-7-8-9-10-11-12-13-14-15-16-17-18-23-48-29-35(49-28-33-24-32(27-42)25-34(41)26-33)30-50-53(47)52-40(2)22-21-38(51-40)36-19-20-37-39(43)44-31-45-46(36)37/h10-11,19-20,24-26,31,35,38,47H,3-9,12-18,21-23,28-30H2,1-2H3,(H2,43,44,45)/b11-10+/t35?,38?,40-,53?/m1/s1. The first-order valence-electron chi connectivity index (χ1n) is 19.4. The largest absolute Gasteiger partial charge is 0.382 e. The number of benzene rings is 1. The van der Waals surface area contributed by atoms with E-state index in [0.29, 0.717) is 36.3 Å². The Bertz CT molecular complexity index is 1570. The first kappa shape index (κ1) is 42.7. The van der Waals surface area contributed by atoms with E-state index >= 15 is 0 Å². The van der Waals surface area contributed by atoms with Crippen LogP contribution in [0.1, 0.15) is 140 Å². The second-order valence-corrected chi connectivity index (χ2v) is 14.9. The molecule has 0 aliphatic carbocycles. The van der Waals surface area contributed by atoms with Crippen LogP contribution >= 0.6 is 8.60 Å². The van der Waals surface area contributed by atoms with Gasteiger partial charge in [0.2, 0.25) is 0 Å². The van der Waals surface area contributed by atoms with Crippen molar-refractivity contribution in [3.63, 3.8) is 0 Å². The SMILES string of the molecule is CCCCCCCC/C=C/CCCCCCCCOCC(COP(O)O[C@]1(C)CCC(c2ccc3c(N)ncnn23)O1)OCc1cc(F)cc(C#N)c1. The molecule has 13 heteroatoms. The highest BCUT2D eigenvalue weighted by Gasteiger charge is 2.41. The van der Waals surface area contributed by atoms with E-state index in [0.717, 1.165) is 18.5 Å². The third-order valence-electron chi connectivity index (χ3n) is 9.41.